The Balaban J connectivity index is 1.47. The van der Waals surface area contributed by atoms with Gasteiger partial charge < -0.3 is 64.1 Å². The fourth-order valence-corrected chi connectivity index (χ4v) is 9.33. The van der Waals surface area contributed by atoms with Crippen LogP contribution < -0.4 is 54.0 Å². The van der Waals surface area contributed by atoms with Crippen LogP contribution in [0.15, 0.2) is 110 Å². The number of hydrogen-bond acceptors (Lipinski definition) is 13. The summed E-state index contributed by atoms with van der Waals surface area (Å²) in [6.45, 7) is 9.95. The van der Waals surface area contributed by atoms with Gasteiger partial charge in [-0.15, -0.1) is 0 Å². The highest BCUT2D eigenvalue weighted by Crippen LogP contribution is 2.22. The zero-order chi connectivity index (χ0) is 61.5. The average Bonchev–Trinajstić information content (AvgIpc) is 3.74. The molecular weight excluding hydrogens is 1080 g/mol. The van der Waals surface area contributed by atoms with E-state index >= 15 is 0 Å². The zero-order valence-electron chi connectivity index (χ0n) is 48.4. The first-order chi connectivity index (χ1) is 40.1. The molecule has 3 aromatic carbocycles. The molecule has 0 unspecified atom stereocenters. The van der Waals surface area contributed by atoms with Crippen LogP contribution in [0.1, 0.15) is 90.3 Å². The number of aliphatic carboxylic acids is 1. The molecule has 0 aliphatic rings. The number of aromatic amines is 1. The summed E-state index contributed by atoms with van der Waals surface area (Å²) in [5, 5.41) is 32.1. The quantitative estimate of drug-likeness (QED) is 0.0286. The number of aromatic nitrogens is 2. The van der Waals surface area contributed by atoms with E-state index in [2.05, 4.69) is 52.5 Å². The molecule has 450 valence electrons. The van der Waals surface area contributed by atoms with E-state index in [1.807, 2.05) is 68.4 Å². The van der Waals surface area contributed by atoms with Crippen molar-refractivity contribution in [3.8, 4) is 11.1 Å². The number of nitrogens with two attached hydrogens (primary N) is 2. The Hall–Kier alpha value is -8.83. The molecule has 0 saturated carbocycles. The molecule has 23 nitrogen and oxygen atoms in total. The number of amides is 8. The molecule has 23 heteroatoms. The van der Waals surface area contributed by atoms with Crippen molar-refractivity contribution in [2.75, 3.05) is 13.1 Å². The lowest BCUT2D eigenvalue weighted by atomic mass is 9.97. The van der Waals surface area contributed by atoms with Gasteiger partial charge in [0.25, 0.3) is 0 Å². The monoisotopic (exact) mass is 1160 g/mol. The first kappa shape index (κ1) is 66.0. The lowest BCUT2D eigenvalue weighted by Gasteiger charge is -2.29. The Morgan fingerprint density at radius 1 is 0.548 bits per heavy atom. The van der Waals surface area contributed by atoms with E-state index in [0.717, 1.165) is 11.1 Å². The van der Waals surface area contributed by atoms with Crippen molar-refractivity contribution in [1.82, 2.24) is 52.5 Å². The van der Waals surface area contributed by atoms with Crippen LogP contribution in [0.4, 0.5) is 0 Å². The number of ketones is 1. The van der Waals surface area contributed by atoms with Crippen LogP contribution in [0.3, 0.4) is 0 Å². The second-order valence-electron chi connectivity index (χ2n) is 21.5. The van der Waals surface area contributed by atoms with E-state index in [-0.39, 0.29) is 56.8 Å². The first-order valence-corrected chi connectivity index (χ1v) is 28.2. The third-order valence-electron chi connectivity index (χ3n) is 14.0. The van der Waals surface area contributed by atoms with Gasteiger partial charge in [0.1, 0.15) is 42.3 Å². The van der Waals surface area contributed by atoms with Crippen LogP contribution in [0, 0.1) is 11.8 Å². The standard InChI is InChI=1S/C61H80N12O11/c1-7-52(75)66-51(33-63)60(83)70-47(30-39-23-26-64-27-24-39)56(79)72-50(32-53(76)77)58(81)71-49(31-42-34-65-45-17-12-11-16-43(42)45)57(80)68-46(28-35(2)3)55(78)69-48(29-38-19-21-41(22-20-38)40-14-9-8-10-15-40)59(82)73-54(36(4)5)61(84)67-44(37(6)74)18-13-25-62/h8-12,14-17,19-24,26-27,34-36,44,46-51,54,65H,7,13,18,25,28-33,62-63H2,1-6H3,(H,66,75)(H,67,84)(H,68,80)(H,69,78)(H,70,83)(H,71,81)(H,72,79)(H,73,82)(H,76,77)/t44-,46-,47-,48-,49-,50-,51-,54-/m0/s1. The molecule has 8 amide bonds. The normalized spacial score (nSPS) is 14.1. The van der Waals surface area contributed by atoms with Gasteiger partial charge in [-0.1, -0.05) is 107 Å². The molecule has 0 bridgehead atoms. The van der Waals surface area contributed by atoms with Gasteiger partial charge in [-0.05, 0) is 90.6 Å². The molecule has 84 heavy (non-hydrogen) atoms. The third kappa shape index (κ3) is 20.3. The number of nitrogens with one attached hydrogen (secondary N) is 9. The van der Waals surface area contributed by atoms with E-state index in [4.69, 9.17) is 11.5 Å². The number of benzene rings is 3. The number of nitrogens with zero attached hydrogens (tertiary/aromatic N) is 1. The van der Waals surface area contributed by atoms with Gasteiger partial charge in [-0.2, -0.15) is 0 Å². The molecular formula is C61H80N12O11. The minimum Gasteiger partial charge on any atom is -0.481 e. The summed E-state index contributed by atoms with van der Waals surface area (Å²) in [6.07, 6.45) is 3.93. The van der Waals surface area contributed by atoms with E-state index in [9.17, 15) is 53.1 Å². The van der Waals surface area contributed by atoms with Gasteiger partial charge in [0.15, 0.2) is 5.78 Å². The van der Waals surface area contributed by atoms with Gasteiger partial charge in [0, 0.05) is 61.7 Å². The summed E-state index contributed by atoms with van der Waals surface area (Å²) in [4.78, 5) is 145. The summed E-state index contributed by atoms with van der Waals surface area (Å²) in [7, 11) is 0. The maximum absolute atomic E-state index is 14.9. The molecule has 0 aliphatic heterocycles. The lowest BCUT2D eigenvalue weighted by Crippen LogP contribution is -2.61. The molecule has 0 spiro atoms. The second kappa shape index (κ2) is 32.7. The van der Waals surface area contributed by atoms with Crippen LogP contribution >= 0.6 is 0 Å². The molecule has 0 aliphatic carbocycles. The van der Waals surface area contributed by atoms with Gasteiger partial charge in [-0.3, -0.25) is 52.9 Å². The number of hydrogen-bond donors (Lipinski definition) is 12. The minimum atomic E-state index is -1.85. The summed E-state index contributed by atoms with van der Waals surface area (Å²) >= 11 is 0. The minimum absolute atomic E-state index is 0.0209. The predicted octanol–water partition coefficient (Wildman–Crippen LogP) is 2.01. The highest BCUT2D eigenvalue weighted by Gasteiger charge is 2.36. The molecule has 2 aromatic heterocycles. The Bertz CT molecular complexity index is 3050. The van der Waals surface area contributed by atoms with Gasteiger partial charge in [-0.25, -0.2) is 0 Å². The Labute approximate surface area is 488 Å². The number of para-hydroxylation sites is 1. The van der Waals surface area contributed by atoms with Crippen molar-refractivity contribution in [3.05, 3.63) is 126 Å². The van der Waals surface area contributed by atoms with E-state index in [1.54, 1.807) is 63.4 Å². The number of carbonyl (C=O) groups is 10. The summed E-state index contributed by atoms with van der Waals surface area (Å²) < 4.78 is 0. The second-order valence-corrected chi connectivity index (χ2v) is 21.5. The van der Waals surface area contributed by atoms with E-state index < -0.39 is 114 Å². The average molecular weight is 1160 g/mol. The number of H-pyrrole nitrogens is 1. The summed E-state index contributed by atoms with van der Waals surface area (Å²) in [6, 6.07) is 16.5. The number of carboxylic acids is 1. The molecule has 2 heterocycles. The Morgan fingerprint density at radius 2 is 1.05 bits per heavy atom. The van der Waals surface area contributed by atoms with E-state index in [1.165, 1.54) is 19.3 Å². The zero-order valence-corrected chi connectivity index (χ0v) is 48.4. The highest BCUT2D eigenvalue weighted by atomic mass is 16.4. The Kier molecular flexibility index (Phi) is 25.7. The molecule has 5 rings (SSSR count). The van der Waals surface area contributed by atoms with Crippen molar-refractivity contribution < 1.29 is 53.1 Å². The molecule has 0 fully saturated rings. The van der Waals surface area contributed by atoms with Crippen molar-refractivity contribution >= 4 is 69.9 Å². The molecule has 14 N–H and O–H groups in total. The number of carbonyl (C=O) groups excluding carboxylic acids is 9. The number of fused-ring (bicyclic) bond motifs is 1. The number of rotatable bonds is 33. The number of Topliss-reactive ketones (excluding diaryl/α,β-unsaturated/α-hetero) is 1. The van der Waals surface area contributed by atoms with Gasteiger partial charge in [0.2, 0.25) is 47.3 Å². The molecule has 8 atom stereocenters. The SMILES string of the molecule is CCC(=O)N[C@@H](CN)C(=O)N[C@@H](Cc1ccncc1)C(=O)N[C@@H](CC(=O)O)C(=O)N[C@@H](Cc1c[nH]c2ccccc12)C(=O)N[C@@H](CC(C)C)C(=O)N[C@@H](Cc1ccc(-c2ccccc2)cc1)C(=O)N[C@H](C(=O)N[C@@H](CCCN)C(C)=O)C(C)C. The first-order valence-electron chi connectivity index (χ1n) is 28.2. The summed E-state index contributed by atoms with van der Waals surface area (Å²) in [5.74, 6) is -8.95. The predicted molar refractivity (Wildman–Crippen MR) is 316 cm³/mol. The Morgan fingerprint density at radius 3 is 1.61 bits per heavy atom. The smallest absolute Gasteiger partial charge is 0.305 e. The van der Waals surface area contributed by atoms with Crippen molar-refractivity contribution in [2.24, 2.45) is 23.3 Å². The largest absolute Gasteiger partial charge is 0.481 e. The maximum Gasteiger partial charge on any atom is 0.305 e. The topological polar surface area (TPSA) is 368 Å². The van der Waals surface area contributed by atoms with Crippen molar-refractivity contribution in [2.45, 2.75) is 141 Å². The van der Waals surface area contributed by atoms with E-state index in [0.29, 0.717) is 40.6 Å². The van der Waals surface area contributed by atoms with Crippen LogP contribution in [-0.2, 0) is 67.2 Å². The van der Waals surface area contributed by atoms with Gasteiger partial charge >= 0.3 is 5.97 Å². The number of pyridine rings is 1. The number of carboxylic acid groups (broad SMARTS) is 1. The third-order valence-corrected chi connectivity index (χ3v) is 14.0. The fraction of sp³-hybridized carbons (Fsp3) is 0.426. The van der Waals surface area contributed by atoms with Crippen molar-refractivity contribution in [3.63, 3.8) is 0 Å². The van der Waals surface area contributed by atoms with Crippen LogP contribution in [0.25, 0.3) is 22.0 Å². The van der Waals surface area contributed by atoms with Crippen LogP contribution in [0.2, 0.25) is 0 Å². The molecule has 0 radical (unpaired) electrons. The summed E-state index contributed by atoms with van der Waals surface area (Å²) in [5.41, 5.74) is 15.8. The maximum atomic E-state index is 14.9. The van der Waals surface area contributed by atoms with Crippen LogP contribution in [-0.4, -0.2) is 136 Å². The molecule has 5 aromatic rings. The highest BCUT2D eigenvalue weighted by molar-refractivity contribution is 5.99. The lowest BCUT2D eigenvalue weighted by molar-refractivity contribution is -0.141. The molecule has 0 saturated heterocycles. The fourth-order valence-electron chi connectivity index (χ4n) is 9.33. The van der Waals surface area contributed by atoms with Gasteiger partial charge in [0.05, 0.1) is 12.5 Å². The van der Waals surface area contributed by atoms with Crippen LogP contribution in [0.5, 0.6) is 0 Å². The van der Waals surface area contributed by atoms with Crippen molar-refractivity contribution in [1.29, 1.82) is 0 Å².